The molecular weight excluding hydrogens is 355 g/mol. The number of hydrogen-bond acceptors (Lipinski definition) is 6. The lowest BCUT2D eigenvalue weighted by Crippen LogP contribution is -2.76. The van der Waals surface area contributed by atoms with Crippen LogP contribution in [-0.2, 0) is 0 Å². The van der Waals surface area contributed by atoms with Crippen LogP contribution in [0, 0.1) is 5.82 Å². The second kappa shape index (κ2) is 5.75. The van der Waals surface area contributed by atoms with E-state index in [1.54, 1.807) is 6.07 Å². The number of pyridine rings is 1. The van der Waals surface area contributed by atoms with E-state index in [0.717, 1.165) is 31.0 Å². The highest BCUT2D eigenvalue weighted by Crippen LogP contribution is 2.34. The zero-order valence-electron chi connectivity index (χ0n) is 13.8. The highest BCUT2D eigenvalue weighted by Gasteiger charge is 2.47. The van der Waals surface area contributed by atoms with Crippen LogP contribution < -0.4 is 15.5 Å². The zero-order chi connectivity index (χ0) is 17.7. The standard InChI is InChI=1S/C18H16ClFN6/c19-12-7-11(1-2-13(12)20)24-17-16-14(21-10-22-17)3-4-15(25-16)26-8-18(9-26)5-6-23-18/h1-4,7,10,23H,5-6,8-9H2,(H,21,22,24). The first-order valence-electron chi connectivity index (χ1n) is 8.46. The molecule has 0 amide bonds. The fourth-order valence-corrected chi connectivity index (χ4v) is 3.68. The van der Waals surface area contributed by atoms with Crippen LogP contribution >= 0.6 is 11.6 Å². The number of benzene rings is 1. The Morgan fingerprint density at radius 2 is 2.04 bits per heavy atom. The fraction of sp³-hybridized carbons (Fsp3) is 0.278. The van der Waals surface area contributed by atoms with Crippen LogP contribution in [0.2, 0.25) is 5.02 Å². The summed E-state index contributed by atoms with van der Waals surface area (Å²) in [4.78, 5) is 15.6. The molecule has 2 N–H and O–H groups in total. The number of nitrogens with zero attached hydrogens (tertiary/aromatic N) is 4. The van der Waals surface area contributed by atoms with E-state index < -0.39 is 5.82 Å². The molecule has 4 heterocycles. The summed E-state index contributed by atoms with van der Waals surface area (Å²) in [5.41, 5.74) is 2.35. The Kier molecular flexibility index (Phi) is 3.48. The number of halogens is 2. The third kappa shape index (κ3) is 2.55. The van der Waals surface area contributed by atoms with Crippen molar-refractivity contribution in [1.29, 1.82) is 0 Å². The molecule has 2 aliphatic heterocycles. The first-order chi connectivity index (χ1) is 12.6. The summed E-state index contributed by atoms with van der Waals surface area (Å²) in [6.45, 7) is 3.03. The van der Waals surface area contributed by atoms with Gasteiger partial charge in [-0.2, -0.15) is 0 Å². The molecule has 2 aromatic heterocycles. The van der Waals surface area contributed by atoms with Gasteiger partial charge in [0.15, 0.2) is 5.82 Å². The molecule has 5 rings (SSSR count). The Morgan fingerprint density at radius 1 is 1.19 bits per heavy atom. The molecular formula is C18H16ClFN6. The number of nitrogens with one attached hydrogen (secondary N) is 2. The van der Waals surface area contributed by atoms with Crippen LogP contribution in [0.3, 0.4) is 0 Å². The lowest BCUT2D eigenvalue weighted by Gasteiger charge is -2.56. The van der Waals surface area contributed by atoms with E-state index >= 15 is 0 Å². The first kappa shape index (κ1) is 15.7. The van der Waals surface area contributed by atoms with Gasteiger partial charge in [-0.25, -0.2) is 19.3 Å². The largest absolute Gasteiger partial charge is 0.353 e. The van der Waals surface area contributed by atoms with Gasteiger partial charge >= 0.3 is 0 Å². The van der Waals surface area contributed by atoms with Crippen LogP contribution in [0.15, 0.2) is 36.7 Å². The van der Waals surface area contributed by atoms with Crippen LogP contribution in [0.5, 0.6) is 0 Å². The smallest absolute Gasteiger partial charge is 0.160 e. The monoisotopic (exact) mass is 370 g/mol. The van der Waals surface area contributed by atoms with Gasteiger partial charge in [0.1, 0.15) is 23.5 Å². The quantitative estimate of drug-likeness (QED) is 0.738. The highest BCUT2D eigenvalue weighted by molar-refractivity contribution is 6.31. The van der Waals surface area contributed by atoms with Gasteiger partial charge in [0, 0.05) is 18.8 Å². The van der Waals surface area contributed by atoms with E-state index in [2.05, 4.69) is 25.5 Å². The van der Waals surface area contributed by atoms with Gasteiger partial charge in [-0.05, 0) is 43.3 Å². The van der Waals surface area contributed by atoms with Gasteiger partial charge in [-0.1, -0.05) is 11.6 Å². The van der Waals surface area contributed by atoms with Crippen LogP contribution in [-0.4, -0.2) is 40.1 Å². The van der Waals surface area contributed by atoms with Gasteiger partial charge < -0.3 is 15.5 Å². The van der Waals surface area contributed by atoms with Crippen molar-refractivity contribution < 1.29 is 4.39 Å². The average molecular weight is 371 g/mol. The van der Waals surface area contributed by atoms with E-state index in [-0.39, 0.29) is 10.6 Å². The molecule has 2 aliphatic rings. The van der Waals surface area contributed by atoms with Crippen molar-refractivity contribution in [1.82, 2.24) is 20.3 Å². The van der Waals surface area contributed by atoms with Crippen LogP contribution in [0.4, 0.5) is 21.7 Å². The van der Waals surface area contributed by atoms with Gasteiger partial charge in [0.25, 0.3) is 0 Å². The van der Waals surface area contributed by atoms with Crippen molar-refractivity contribution in [2.24, 2.45) is 0 Å². The molecule has 0 unspecified atom stereocenters. The third-order valence-corrected chi connectivity index (χ3v) is 5.35. The van der Waals surface area contributed by atoms with E-state index in [4.69, 9.17) is 16.6 Å². The molecule has 0 aliphatic carbocycles. The number of aromatic nitrogens is 3. The minimum absolute atomic E-state index is 0.0564. The minimum Gasteiger partial charge on any atom is -0.353 e. The number of hydrogen-bond donors (Lipinski definition) is 2. The van der Waals surface area contributed by atoms with Crippen molar-refractivity contribution in [3.63, 3.8) is 0 Å². The van der Waals surface area contributed by atoms with Gasteiger partial charge in [-0.3, -0.25) is 0 Å². The molecule has 2 fully saturated rings. The fourth-order valence-electron chi connectivity index (χ4n) is 3.50. The van der Waals surface area contributed by atoms with Crippen molar-refractivity contribution in [3.05, 3.63) is 47.5 Å². The molecule has 3 aromatic rings. The summed E-state index contributed by atoms with van der Waals surface area (Å²) >= 11 is 5.86. The maximum atomic E-state index is 13.4. The van der Waals surface area contributed by atoms with Gasteiger partial charge in [0.05, 0.1) is 16.1 Å². The molecule has 8 heteroatoms. The van der Waals surface area contributed by atoms with Gasteiger partial charge in [-0.15, -0.1) is 0 Å². The predicted octanol–water partition coefficient (Wildman–Crippen LogP) is 3.11. The molecule has 132 valence electrons. The van der Waals surface area contributed by atoms with Crippen LogP contribution in [0.1, 0.15) is 6.42 Å². The Labute approximate surface area is 154 Å². The van der Waals surface area contributed by atoms with E-state index in [1.807, 2.05) is 12.1 Å². The SMILES string of the molecule is Fc1ccc(Nc2ncnc3ccc(N4CC5(CCN5)C4)nc23)cc1Cl. The predicted molar refractivity (Wildman–Crippen MR) is 99.6 cm³/mol. The Balaban J connectivity index is 1.47. The summed E-state index contributed by atoms with van der Waals surface area (Å²) < 4.78 is 13.4. The Morgan fingerprint density at radius 3 is 2.77 bits per heavy atom. The summed E-state index contributed by atoms with van der Waals surface area (Å²) in [6.07, 6.45) is 2.70. The maximum absolute atomic E-state index is 13.4. The molecule has 2 saturated heterocycles. The van der Waals surface area contributed by atoms with Crippen molar-refractivity contribution in [2.45, 2.75) is 12.0 Å². The van der Waals surface area contributed by atoms with Crippen molar-refractivity contribution in [3.8, 4) is 0 Å². The van der Waals surface area contributed by atoms with E-state index in [1.165, 1.54) is 24.9 Å². The number of anilines is 3. The molecule has 0 bridgehead atoms. The third-order valence-electron chi connectivity index (χ3n) is 5.06. The molecule has 1 aromatic carbocycles. The van der Waals surface area contributed by atoms with Crippen molar-refractivity contribution in [2.75, 3.05) is 29.9 Å². The summed E-state index contributed by atoms with van der Waals surface area (Å²) in [7, 11) is 0. The lowest BCUT2D eigenvalue weighted by molar-refractivity contribution is 0.159. The lowest BCUT2D eigenvalue weighted by atomic mass is 9.80. The molecule has 0 radical (unpaired) electrons. The summed E-state index contributed by atoms with van der Waals surface area (Å²) in [5.74, 6) is 1.02. The van der Waals surface area contributed by atoms with E-state index in [9.17, 15) is 4.39 Å². The highest BCUT2D eigenvalue weighted by atomic mass is 35.5. The van der Waals surface area contributed by atoms with Crippen LogP contribution in [0.25, 0.3) is 11.0 Å². The second-order valence-electron chi connectivity index (χ2n) is 6.83. The maximum Gasteiger partial charge on any atom is 0.160 e. The molecule has 26 heavy (non-hydrogen) atoms. The van der Waals surface area contributed by atoms with E-state index in [0.29, 0.717) is 17.0 Å². The number of rotatable bonds is 3. The molecule has 1 spiro atoms. The van der Waals surface area contributed by atoms with Gasteiger partial charge in [0.2, 0.25) is 0 Å². The summed E-state index contributed by atoms with van der Waals surface area (Å²) in [5, 5.41) is 6.72. The zero-order valence-corrected chi connectivity index (χ0v) is 14.6. The normalized spacial score (nSPS) is 17.8. The molecule has 0 atom stereocenters. The Hall–Kier alpha value is -2.51. The second-order valence-corrected chi connectivity index (χ2v) is 7.23. The summed E-state index contributed by atoms with van der Waals surface area (Å²) in [6, 6.07) is 8.38. The Bertz CT molecular complexity index is 998. The number of fused-ring (bicyclic) bond motifs is 1. The average Bonchev–Trinajstić information content (AvgIpc) is 2.56. The minimum atomic E-state index is -0.457. The topological polar surface area (TPSA) is 66.0 Å². The first-order valence-corrected chi connectivity index (χ1v) is 8.84. The van der Waals surface area contributed by atoms with Crippen molar-refractivity contribution >= 4 is 40.0 Å². The molecule has 0 saturated carbocycles. The molecule has 6 nitrogen and oxygen atoms in total.